The Kier molecular flexibility index (Phi) is 6.32. The standard InChI is InChI=1S/C28H46N2O4/c1-5-29(6-2)16-20(31)17-30-18-28(34-25(30)33)14-13-26(3)19(15-28)7-8-21-22-9-10-24(32)27(22,4)12-11-23(21)26/h19-23,31H,5-18H2,1-4H3/t19-,20?,21-,22-,23-,26-,27-,28+/m0/s1. The van der Waals surface area contributed by atoms with Crippen molar-refractivity contribution >= 4 is 11.9 Å². The molecule has 6 nitrogen and oxygen atoms in total. The zero-order valence-electron chi connectivity index (χ0n) is 21.9. The maximum atomic E-state index is 12.8. The van der Waals surface area contributed by atoms with Crippen molar-refractivity contribution in [3.8, 4) is 0 Å². The van der Waals surface area contributed by atoms with E-state index in [1.807, 2.05) is 0 Å². The summed E-state index contributed by atoms with van der Waals surface area (Å²) in [7, 11) is 0. The Morgan fingerprint density at radius 3 is 2.56 bits per heavy atom. The first-order chi connectivity index (χ1) is 16.1. The molecule has 0 aromatic rings. The third-order valence-corrected chi connectivity index (χ3v) is 11.3. The number of ether oxygens (including phenoxy) is 1. The molecular weight excluding hydrogens is 428 g/mol. The lowest BCUT2D eigenvalue weighted by atomic mass is 9.44. The minimum atomic E-state index is -0.544. The van der Waals surface area contributed by atoms with Gasteiger partial charge in [-0.25, -0.2) is 4.79 Å². The maximum absolute atomic E-state index is 12.8. The Hall–Kier alpha value is -1.14. The molecule has 1 N–H and O–H groups in total. The Morgan fingerprint density at radius 1 is 1.06 bits per heavy atom. The normalized spacial score (nSPS) is 44.7. The van der Waals surface area contributed by atoms with Gasteiger partial charge >= 0.3 is 6.09 Å². The zero-order valence-corrected chi connectivity index (χ0v) is 21.9. The molecule has 1 heterocycles. The number of carbonyl (C=O) groups is 2. The molecule has 34 heavy (non-hydrogen) atoms. The number of ketones is 1. The van der Waals surface area contributed by atoms with Gasteiger partial charge in [-0.3, -0.25) is 4.79 Å². The highest BCUT2D eigenvalue weighted by atomic mass is 16.6. The van der Waals surface area contributed by atoms with E-state index in [9.17, 15) is 14.7 Å². The average molecular weight is 475 g/mol. The topological polar surface area (TPSA) is 70.1 Å². The summed E-state index contributed by atoms with van der Waals surface area (Å²) < 4.78 is 6.11. The van der Waals surface area contributed by atoms with Gasteiger partial charge in [0.1, 0.15) is 11.4 Å². The predicted octanol–water partition coefficient (Wildman–Crippen LogP) is 4.49. The summed E-state index contributed by atoms with van der Waals surface area (Å²) >= 11 is 0. The molecule has 5 fully saturated rings. The van der Waals surface area contributed by atoms with Gasteiger partial charge in [0.2, 0.25) is 0 Å². The molecule has 192 valence electrons. The van der Waals surface area contributed by atoms with Crippen molar-refractivity contribution in [1.82, 2.24) is 9.80 Å². The number of rotatable bonds is 6. The van der Waals surface area contributed by atoms with Crippen LogP contribution in [0.25, 0.3) is 0 Å². The number of hydrogen-bond donors (Lipinski definition) is 1. The maximum Gasteiger partial charge on any atom is 0.410 e. The fraction of sp³-hybridized carbons (Fsp3) is 0.929. The molecule has 0 aromatic carbocycles. The molecule has 4 aliphatic carbocycles. The van der Waals surface area contributed by atoms with E-state index >= 15 is 0 Å². The van der Waals surface area contributed by atoms with Gasteiger partial charge in [0.25, 0.3) is 0 Å². The van der Waals surface area contributed by atoms with Crippen molar-refractivity contribution in [2.24, 2.45) is 34.5 Å². The highest BCUT2D eigenvalue weighted by Gasteiger charge is 2.62. The van der Waals surface area contributed by atoms with Crippen LogP contribution >= 0.6 is 0 Å². The van der Waals surface area contributed by atoms with Gasteiger partial charge in [-0.05, 0) is 93.5 Å². The highest BCUT2D eigenvalue weighted by molar-refractivity contribution is 5.87. The first kappa shape index (κ1) is 24.5. The smallest absolute Gasteiger partial charge is 0.410 e. The molecule has 1 amide bonds. The van der Waals surface area contributed by atoms with Crippen LogP contribution in [0.15, 0.2) is 0 Å². The molecule has 1 spiro atoms. The van der Waals surface area contributed by atoms with Crippen molar-refractivity contribution < 1.29 is 19.4 Å². The molecule has 1 unspecified atom stereocenters. The van der Waals surface area contributed by atoms with Gasteiger partial charge < -0.3 is 19.6 Å². The summed E-state index contributed by atoms with van der Waals surface area (Å²) in [4.78, 5) is 29.5. The number of likely N-dealkylation sites (N-methyl/N-ethyl adjacent to an activating group) is 1. The highest BCUT2D eigenvalue weighted by Crippen LogP contribution is 2.66. The van der Waals surface area contributed by atoms with Crippen molar-refractivity contribution in [3.05, 3.63) is 0 Å². The fourth-order valence-corrected chi connectivity index (χ4v) is 9.24. The molecule has 1 saturated heterocycles. The number of fused-ring (bicyclic) bond motifs is 5. The summed E-state index contributed by atoms with van der Waals surface area (Å²) in [5.41, 5.74) is -0.146. The first-order valence-corrected chi connectivity index (χ1v) is 14.1. The lowest BCUT2D eigenvalue weighted by Gasteiger charge is -2.61. The van der Waals surface area contributed by atoms with E-state index in [-0.39, 0.29) is 17.1 Å². The van der Waals surface area contributed by atoms with Gasteiger partial charge in [-0.1, -0.05) is 27.7 Å². The second-order valence-corrected chi connectivity index (χ2v) is 12.9. The van der Waals surface area contributed by atoms with Crippen LogP contribution in [-0.2, 0) is 9.53 Å². The van der Waals surface area contributed by atoms with Crippen LogP contribution in [0, 0.1) is 34.5 Å². The van der Waals surface area contributed by atoms with Crippen LogP contribution in [0.5, 0.6) is 0 Å². The second-order valence-electron chi connectivity index (χ2n) is 12.9. The van der Waals surface area contributed by atoms with E-state index in [2.05, 4.69) is 32.6 Å². The lowest BCUT2D eigenvalue weighted by molar-refractivity contribution is -0.149. The minimum absolute atomic E-state index is 0.0618. The van der Waals surface area contributed by atoms with Crippen LogP contribution in [0.3, 0.4) is 0 Å². The van der Waals surface area contributed by atoms with E-state index in [0.29, 0.717) is 54.5 Å². The molecule has 5 rings (SSSR count). The monoisotopic (exact) mass is 474 g/mol. The third-order valence-electron chi connectivity index (χ3n) is 11.3. The number of Topliss-reactive ketones (excluding diaryl/α,β-unsaturated/α-hetero) is 1. The average Bonchev–Trinajstić information content (AvgIpc) is 3.28. The molecular formula is C28H46N2O4. The van der Waals surface area contributed by atoms with Gasteiger partial charge in [0.15, 0.2) is 0 Å². The van der Waals surface area contributed by atoms with Crippen molar-refractivity contribution in [2.45, 2.75) is 97.2 Å². The second kappa shape index (κ2) is 8.76. The van der Waals surface area contributed by atoms with Crippen LogP contribution < -0.4 is 0 Å². The summed E-state index contributed by atoms with van der Waals surface area (Å²) in [6, 6.07) is 0. The number of amides is 1. The summed E-state index contributed by atoms with van der Waals surface area (Å²) in [6.45, 7) is 12.3. The Bertz CT molecular complexity index is 814. The van der Waals surface area contributed by atoms with Crippen molar-refractivity contribution in [1.29, 1.82) is 0 Å². The predicted molar refractivity (Wildman–Crippen MR) is 131 cm³/mol. The van der Waals surface area contributed by atoms with Crippen LogP contribution in [-0.4, -0.2) is 71.2 Å². The largest absolute Gasteiger partial charge is 0.441 e. The Labute approximate surface area is 205 Å². The molecule has 0 aromatic heterocycles. The van der Waals surface area contributed by atoms with E-state index in [4.69, 9.17) is 4.74 Å². The third kappa shape index (κ3) is 3.82. The number of β-amino-alcohol motifs (C(OH)–C–C–N with tert-alkyl or cyclic N) is 1. The molecule has 8 atom stereocenters. The number of nitrogens with zero attached hydrogens (tertiary/aromatic N) is 2. The Balaban J connectivity index is 1.25. The van der Waals surface area contributed by atoms with Crippen LogP contribution in [0.1, 0.15) is 85.5 Å². The molecule has 0 bridgehead atoms. The van der Waals surface area contributed by atoms with E-state index < -0.39 is 6.10 Å². The lowest BCUT2D eigenvalue weighted by Crippen LogP contribution is -2.56. The quantitative estimate of drug-likeness (QED) is 0.614. The van der Waals surface area contributed by atoms with E-state index in [0.717, 1.165) is 51.6 Å². The van der Waals surface area contributed by atoms with E-state index in [1.54, 1.807) is 4.90 Å². The molecule has 0 radical (unpaired) electrons. The minimum Gasteiger partial charge on any atom is -0.441 e. The van der Waals surface area contributed by atoms with Crippen LogP contribution in [0.4, 0.5) is 4.79 Å². The summed E-state index contributed by atoms with van der Waals surface area (Å²) in [5, 5.41) is 10.6. The number of aliphatic hydroxyl groups excluding tert-OH is 1. The molecule has 4 saturated carbocycles. The molecule has 5 aliphatic rings. The van der Waals surface area contributed by atoms with Crippen molar-refractivity contribution in [3.63, 3.8) is 0 Å². The van der Waals surface area contributed by atoms with Gasteiger partial charge in [-0.15, -0.1) is 0 Å². The number of carbonyl (C=O) groups excluding carboxylic acids is 2. The first-order valence-electron chi connectivity index (χ1n) is 14.1. The van der Waals surface area contributed by atoms with Gasteiger partial charge in [0, 0.05) is 18.4 Å². The van der Waals surface area contributed by atoms with Gasteiger partial charge in [0.05, 0.1) is 19.2 Å². The molecule has 6 heteroatoms. The fourth-order valence-electron chi connectivity index (χ4n) is 9.24. The van der Waals surface area contributed by atoms with Crippen molar-refractivity contribution in [2.75, 3.05) is 32.7 Å². The summed E-state index contributed by atoms with van der Waals surface area (Å²) in [5.74, 6) is 3.08. The number of aliphatic hydroxyl groups is 1. The SMILES string of the molecule is CCN(CC)CC(O)CN1C[C@]2(CC[C@@]3(C)[C@@H](CC[C@@H]4[C@@H]3CC[C@]3(C)C(=O)CC[C@@H]43)C2)OC1=O. The molecule has 1 aliphatic heterocycles. The number of hydrogen-bond acceptors (Lipinski definition) is 5. The zero-order chi connectivity index (χ0) is 24.3. The van der Waals surface area contributed by atoms with E-state index in [1.165, 1.54) is 19.3 Å². The Morgan fingerprint density at radius 2 is 1.82 bits per heavy atom. The summed E-state index contributed by atoms with van der Waals surface area (Å²) in [6.07, 6.45) is 8.79. The van der Waals surface area contributed by atoms with Crippen LogP contribution in [0.2, 0.25) is 0 Å². The van der Waals surface area contributed by atoms with Gasteiger partial charge in [-0.2, -0.15) is 0 Å².